The molecule has 1 aromatic heterocycles. The summed E-state index contributed by atoms with van der Waals surface area (Å²) in [5.74, 6) is -0.377. The number of carbonyl (C=O) groups is 1. The lowest BCUT2D eigenvalue weighted by Crippen LogP contribution is -2.13. The second kappa shape index (κ2) is 4.39. The zero-order valence-corrected chi connectivity index (χ0v) is 9.75. The predicted molar refractivity (Wildman–Crippen MR) is 65.6 cm³/mol. The van der Waals surface area contributed by atoms with Crippen LogP contribution in [-0.2, 0) is 11.3 Å². The highest BCUT2D eigenvalue weighted by Gasteiger charge is 2.08. The van der Waals surface area contributed by atoms with Gasteiger partial charge in [-0.25, -0.2) is 0 Å². The summed E-state index contributed by atoms with van der Waals surface area (Å²) in [6.07, 6.45) is 0.220. The maximum atomic E-state index is 10.8. The van der Waals surface area contributed by atoms with Gasteiger partial charge in [0.1, 0.15) is 6.07 Å². The van der Waals surface area contributed by atoms with Crippen molar-refractivity contribution < 1.29 is 4.79 Å². The van der Waals surface area contributed by atoms with Crippen LogP contribution in [0.4, 0.5) is 0 Å². The minimum Gasteiger partial charge on any atom is -0.370 e. The lowest BCUT2D eigenvalue weighted by molar-refractivity contribution is -0.118. The highest BCUT2D eigenvalue weighted by molar-refractivity contribution is 7.71. The van der Waals surface area contributed by atoms with Gasteiger partial charge in [0.15, 0.2) is 4.77 Å². The number of benzene rings is 1. The summed E-state index contributed by atoms with van der Waals surface area (Å²) in [6, 6.07) is 7.44. The highest BCUT2D eigenvalue weighted by Crippen LogP contribution is 2.18. The summed E-state index contributed by atoms with van der Waals surface area (Å²) in [6.45, 7) is 0.420. The Kier molecular flexibility index (Phi) is 2.93. The Balaban J connectivity index is 2.57. The number of aryl methyl sites for hydroxylation is 1. The molecular formula is C11H10N4OS. The number of aromatic nitrogens is 2. The van der Waals surface area contributed by atoms with E-state index in [-0.39, 0.29) is 12.3 Å². The van der Waals surface area contributed by atoms with Crippen LogP contribution in [0.25, 0.3) is 11.0 Å². The van der Waals surface area contributed by atoms with Gasteiger partial charge in [-0.2, -0.15) is 5.26 Å². The SMILES string of the molecule is N#Cc1cccc2c1[nH]c(=S)n2CCC(N)=O. The summed E-state index contributed by atoms with van der Waals surface area (Å²) in [7, 11) is 0. The second-order valence-electron chi connectivity index (χ2n) is 3.61. The molecule has 1 aromatic carbocycles. The molecule has 3 N–H and O–H groups in total. The number of nitrogens with two attached hydrogens (primary N) is 1. The number of nitrogens with zero attached hydrogens (tertiary/aromatic N) is 2. The molecule has 0 aliphatic carbocycles. The first kappa shape index (κ1) is 11.4. The Bertz CT molecular complexity index is 677. The van der Waals surface area contributed by atoms with E-state index in [1.165, 1.54) is 0 Å². The standard InChI is InChI=1S/C11H10N4OS/c12-6-7-2-1-3-8-10(7)14-11(17)15(8)5-4-9(13)16/h1-3H,4-5H2,(H2,13,16)(H,14,17). The summed E-state index contributed by atoms with van der Waals surface area (Å²) in [5.41, 5.74) is 7.16. The number of nitriles is 1. The molecule has 0 spiro atoms. The summed E-state index contributed by atoms with van der Waals surface area (Å²) in [4.78, 5) is 13.8. The summed E-state index contributed by atoms with van der Waals surface area (Å²) in [5, 5.41) is 8.97. The van der Waals surface area contributed by atoms with Gasteiger partial charge < -0.3 is 15.3 Å². The van der Waals surface area contributed by atoms with Gasteiger partial charge in [0.25, 0.3) is 0 Å². The molecule has 0 aliphatic heterocycles. The van der Waals surface area contributed by atoms with E-state index < -0.39 is 0 Å². The van der Waals surface area contributed by atoms with E-state index in [9.17, 15) is 4.79 Å². The van der Waals surface area contributed by atoms with Gasteiger partial charge in [-0.15, -0.1) is 0 Å². The fraction of sp³-hybridized carbons (Fsp3) is 0.182. The van der Waals surface area contributed by atoms with E-state index in [1.54, 1.807) is 16.7 Å². The van der Waals surface area contributed by atoms with E-state index in [4.69, 9.17) is 23.2 Å². The van der Waals surface area contributed by atoms with Crippen molar-refractivity contribution >= 4 is 29.2 Å². The molecule has 2 aromatic rings. The molecule has 0 saturated heterocycles. The van der Waals surface area contributed by atoms with Crippen molar-refractivity contribution in [3.8, 4) is 6.07 Å². The van der Waals surface area contributed by atoms with Gasteiger partial charge in [-0.1, -0.05) is 6.07 Å². The van der Waals surface area contributed by atoms with Gasteiger partial charge in [-0.05, 0) is 24.4 Å². The van der Waals surface area contributed by atoms with Crippen molar-refractivity contribution in [1.82, 2.24) is 9.55 Å². The number of fused-ring (bicyclic) bond motifs is 1. The molecular weight excluding hydrogens is 236 g/mol. The lowest BCUT2D eigenvalue weighted by Gasteiger charge is -2.02. The molecule has 17 heavy (non-hydrogen) atoms. The van der Waals surface area contributed by atoms with Crippen LogP contribution in [0.3, 0.4) is 0 Å². The van der Waals surface area contributed by atoms with Crippen molar-refractivity contribution in [2.45, 2.75) is 13.0 Å². The van der Waals surface area contributed by atoms with E-state index in [0.717, 1.165) is 5.52 Å². The number of aromatic amines is 1. The third-order valence-electron chi connectivity index (χ3n) is 2.51. The predicted octanol–water partition coefficient (Wildman–Crippen LogP) is 1.45. The van der Waals surface area contributed by atoms with Crippen LogP contribution in [0.2, 0.25) is 0 Å². The molecule has 0 radical (unpaired) electrons. The summed E-state index contributed by atoms with van der Waals surface area (Å²) >= 11 is 5.16. The molecule has 0 bridgehead atoms. The van der Waals surface area contributed by atoms with Gasteiger partial charge in [0, 0.05) is 13.0 Å². The zero-order valence-electron chi connectivity index (χ0n) is 8.93. The minimum absolute atomic E-state index is 0.220. The van der Waals surface area contributed by atoms with Crippen LogP contribution >= 0.6 is 12.2 Å². The van der Waals surface area contributed by atoms with E-state index in [1.807, 2.05) is 6.07 Å². The number of primary amides is 1. The molecule has 1 amide bonds. The fourth-order valence-electron chi connectivity index (χ4n) is 1.72. The largest absolute Gasteiger partial charge is 0.370 e. The van der Waals surface area contributed by atoms with Crippen molar-refractivity contribution in [3.63, 3.8) is 0 Å². The lowest BCUT2D eigenvalue weighted by atomic mass is 10.2. The van der Waals surface area contributed by atoms with E-state index >= 15 is 0 Å². The first-order valence-electron chi connectivity index (χ1n) is 5.03. The monoisotopic (exact) mass is 246 g/mol. The highest BCUT2D eigenvalue weighted by atomic mass is 32.1. The van der Waals surface area contributed by atoms with Crippen LogP contribution in [0.5, 0.6) is 0 Å². The number of amides is 1. The molecule has 86 valence electrons. The topological polar surface area (TPSA) is 87.6 Å². The van der Waals surface area contributed by atoms with Gasteiger partial charge >= 0.3 is 0 Å². The van der Waals surface area contributed by atoms with Crippen LogP contribution in [0, 0.1) is 16.1 Å². The maximum absolute atomic E-state index is 10.8. The number of imidazole rings is 1. The van der Waals surface area contributed by atoms with Crippen molar-refractivity contribution in [3.05, 3.63) is 28.5 Å². The van der Waals surface area contributed by atoms with Crippen LogP contribution in [0.15, 0.2) is 18.2 Å². The van der Waals surface area contributed by atoms with Gasteiger partial charge in [-0.3, -0.25) is 4.79 Å². The molecule has 0 atom stereocenters. The average molecular weight is 246 g/mol. The van der Waals surface area contributed by atoms with Gasteiger partial charge in [0.05, 0.1) is 16.6 Å². The number of nitrogens with one attached hydrogen (secondary N) is 1. The van der Waals surface area contributed by atoms with Crippen molar-refractivity contribution in [2.75, 3.05) is 0 Å². The number of H-pyrrole nitrogens is 1. The molecule has 6 heteroatoms. The quantitative estimate of drug-likeness (QED) is 0.803. The van der Waals surface area contributed by atoms with E-state index in [0.29, 0.717) is 22.4 Å². The number of rotatable bonds is 3. The number of hydrogen-bond donors (Lipinski definition) is 2. The normalized spacial score (nSPS) is 10.3. The van der Waals surface area contributed by atoms with Gasteiger partial charge in [0.2, 0.25) is 5.91 Å². The molecule has 0 saturated carbocycles. The molecule has 0 unspecified atom stereocenters. The van der Waals surface area contributed by atoms with Crippen molar-refractivity contribution in [2.24, 2.45) is 5.73 Å². The molecule has 0 aliphatic rings. The first-order valence-corrected chi connectivity index (χ1v) is 5.44. The maximum Gasteiger partial charge on any atom is 0.219 e. The second-order valence-corrected chi connectivity index (χ2v) is 4.00. The Hall–Kier alpha value is -2.13. The number of para-hydroxylation sites is 1. The smallest absolute Gasteiger partial charge is 0.219 e. The third-order valence-corrected chi connectivity index (χ3v) is 2.84. The van der Waals surface area contributed by atoms with Crippen LogP contribution < -0.4 is 5.73 Å². The Morgan fingerprint density at radius 3 is 3.00 bits per heavy atom. The summed E-state index contributed by atoms with van der Waals surface area (Å²) < 4.78 is 2.26. The minimum atomic E-state index is -0.377. The molecule has 0 fully saturated rings. The molecule has 2 rings (SSSR count). The first-order chi connectivity index (χ1) is 8.13. The third kappa shape index (κ3) is 2.05. The number of carbonyl (C=O) groups excluding carboxylic acids is 1. The number of hydrogen-bond acceptors (Lipinski definition) is 3. The molecule has 5 nitrogen and oxygen atoms in total. The van der Waals surface area contributed by atoms with Crippen molar-refractivity contribution in [1.29, 1.82) is 5.26 Å². The zero-order chi connectivity index (χ0) is 12.4. The van der Waals surface area contributed by atoms with Crippen LogP contribution in [0.1, 0.15) is 12.0 Å². The Labute approximate surface area is 102 Å². The Morgan fingerprint density at radius 1 is 1.59 bits per heavy atom. The van der Waals surface area contributed by atoms with Crippen LogP contribution in [-0.4, -0.2) is 15.5 Å². The fourth-order valence-corrected chi connectivity index (χ4v) is 2.01. The Morgan fingerprint density at radius 2 is 2.35 bits per heavy atom. The molecule has 1 heterocycles. The average Bonchev–Trinajstić information content (AvgIpc) is 2.62. The van der Waals surface area contributed by atoms with E-state index in [2.05, 4.69) is 11.1 Å².